The van der Waals surface area contributed by atoms with Gasteiger partial charge in [0.05, 0.1) is 6.26 Å². The van der Waals surface area contributed by atoms with Crippen molar-refractivity contribution in [3.8, 4) is 17.4 Å². The molecule has 3 aromatic rings. The minimum absolute atomic E-state index is 0.0544. The Hall–Kier alpha value is -3.09. The first-order valence-corrected chi connectivity index (χ1v) is 8.77. The van der Waals surface area contributed by atoms with E-state index in [9.17, 15) is 9.90 Å². The molecule has 7 heteroatoms. The number of phenols is 1. The number of furan rings is 1. The molecule has 1 N–H and O–H groups in total. The van der Waals surface area contributed by atoms with Crippen LogP contribution >= 0.6 is 0 Å². The third kappa shape index (κ3) is 4.02. The van der Waals surface area contributed by atoms with Crippen LogP contribution in [0.3, 0.4) is 0 Å². The number of aromatic hydroxyl groups is 1. The third-order valence-corrected chi connectivity index (χ3v) is 4.20. The van der Waals surface area contributed by atoms with Crippen molar-refractivity contribution in [3.05, 3.63) is 53.1 Å². The molecule has 0 aliphatic heterocycles. The molecule has 7 nitrogen and oxygen atoms in total. The standard InChI is InChI=1S/C20H22N2O5/c1-11(2)13-8-14(12(3)4)18(23)15(9-13)20(24)26-10-17-21-22-19(27-17)16-6-5-7-25-16/h5-9,11-12,23H,10H2,1-4H3. The molecular weight excluding hydrogens is 348 g/mol. The van der Waals surface area contributed by atoms with E-state index < -0.39 is 5.97 Å². The Morgan fingerprint density at radius 1 is 1.19 bits per heavy atom. The first-order chi connectivity index (χ1) is 12.9. The fourth-order valence-corrected chi connectivity index (χ4v) is 2.63. The zero-order valence-electron chi connectivity index (χ0n) is 15.7. The molecule has 0 radical (unpaired) electrons. The quantitative estimate of drug-likeness (QED) is 0.631. The van der Waals surface area contributed by atoms with Gasteiger partial charge in [-0.2, -0.15) is 0 Å². The lowest BCUT2D eigenvalue weighted by Gasteiger charge is -2.16. The summed E-state index contributed by atoms with van der Waals surface area (Å²) in [4.78, 5) is 12.5. The van der Waals surface area contributed by atoms with Gasteiger partial charge in [0.2, 0.25) is 0 Å². The molecule has 1 aromatic carbocycles. The van der Waals surface area contributed by atoms with Crippen LogP contribution in [0.2, 0.25) is 0 Å². The first-order valence-electron chi connectivity index (χ1n) is 8.77. The average Bonchev–Trinajstić information content (AvgIpc) is 3.30. The van der Waals surface area contributed by atoms with Gasteiger partial charge in [-0.1, -0.05) is 33.8 Å². The molecule has 0 fully saturated rings. The molecule has 0 amide bonds. The number of ether oxygens (including phenoxy) is 1. The molecule has 142 valence electrons. The predicted octanol–water partition coefficient (Wildman–Crippen LogP) is 4.64. The number of benzene rings is 1. The van der Waals surface area contributed by atoms with Crippen LogP contribution in [0, 0.1) is 0 Å². The Bertz CT molecular complexity index is 926. The van der Waals surface area contributed by atoms with Crippen LogP contribution in [0.25, 0.3) is 11.7 Å². The van der Waals surface area contributed by atoms with E-state index >= 15 is 0 Å². The molecule has 3 rings (SSSR count). The summed E-state index contributed by atoms with van der Waals surface area (Å²) >= 11 is 0. The molecule has 2 heterocycles. The van der Waals surface area contributed by atoms with Crippen LogP contribution in [-0.4, -0.2) is 21.3 Å². The molecule has 0 bridgehead atoms. The lowest BCUT2D eigenvalue weighted by Crippen LogP contribution is -2.09. The van der Waals surface area contributed by atoms with Crippen molar-refractivity contribution in [1.29, 1.82) is 0 Å². The average molecular weight is 370 g/mol. The summed E-state index contributed by atoms with van der Waals surface area (Å²) in [6.45, 7) is 7.78. The maximum absolute atomic E-state index is 12.5. The molecular formula is C20H22N2O5. The monoisotopic (exact) mass is 370 g/mol. The molecule has 0 saturated carbocycles. The lowest BCUT2D eigenvalue weighted by molar-refractivity contribution is 0.0435. The minimum Gasteiger partial charge on any atom is -0.507 e. The maximum Gasteiger partial charge on any atom is 0.342 e. The van der Waals surface area contributed by atoms with Gasteiger partial charge in [-0.05, 0) is 41.2 Å². The molecule has 0 spiro atoms. The molecule has 0 saturated heterocycles. The Morgan fingerprint density at radius 2 is 1.96 bits per heavy atom. The van der Waals surface area contributed by atoms with Crippen LogP contribution in [0.15, 0.2) is 39.4 Å². The summed E-state index contributed by atoms with van der Waals surface area (Å²) in [5, 5.41) is 18.2. The summed E-state index contributed by atoms with van der Waals surface area (Å²) in [5.41, 5.74) is 1.81. The number of rotatable bonds is 6. The van der Waals surface area contributed by atoms with E-state index in [1.165, 1.54) is 6.26 Å². The van der Waals surface area contributed by atoms with Crippen LogP contribution in [0.4, 0.5) is 0 Å². The minimum atomic E-state index is -0.644. The Balaban J connectivity index is 1.78. The zero-order chi connectivity index (χ0) is 19.6. The van der Waals surface area contributed by atoms with E-state index in [1.807, 2.05) is 33.8 Å². The summed E-state index contributed by atoms with van der Waals surface area (Å²) < 4.78 is 15.9. The topological polar surface area (TPSA) is 98.6 Å². The number of carbonyl (C=O) groups excluding carboxylic acids is 1. The normalized spacial score (nSPS) is 11.3. The van der Waals surface area contributed by atoms with Crippen molar-refractivity contribution in [1.82, 2.24) is 10.2 Å². The number of phenolic OH excluding ortho intramolecular Hbond substituents is 1. The van der Waals surface area contributed by atoms with Gasteiger partial charge in [-0.15, -0.1) is 10.2 Å². The van der Waals surface area contributed by atoms with Crippen molar-refractivity contribution in [2.24, 2.45) is 0 Å². The number of aromatic nitrogens is 2. The summed E-state index contributed by atoms with van der Waals surface area (Å²) in [5.74, 6) is 0.361. The van der Waals surface area contributed by atoms with Crippen molar-refractivity contribution in [2.75, 3.05) is 0 Å². The second kappa shape index (κ2) is 7.65. The number of hydrogen-bond donors (Lipinski definition) is 1. The molecule has 2 aromatic heterocycles. The third-order valence-electron chi connectivity index (χ3n) is 4.20. The van der Waals surface area contributed by atoms with Crippen LogP contribution < -0.4 is 0 Å². The predicted molar refractivity (Wildman–Crippen MR) is 97.4 cm³/mol. The van der Waals surface area contributed by atoms with E-state index in [0.717, 1.165) is 5.56 Å². The van der Waals surface area contributed by atoms with E-state index in [1.54, 1.807) is 18.2 Å². The van der Waals surface area contributed by atoms with Gasteiger partial charge in [-0.25, -0.2) is 4.79 Å². The Morgan fingerprint density at radius 3 is 2.59 bits per heavy atom. The van der Waals surface area contributed by atoms with Crippen molar-refractivity contribution < 1.29 is 23.5 Å². The molecule has 0 aliphatic carbocycles. The second-order valence-electron chi connectivity index (χ2n) is 6.87. The molecule has 0 aliphatic rings. The van der Waals surface area contributed by atoms with Gasteiger partial charge in [0.15, 0.2) is 12.4 Å². The Kier molecular flexibility index (Phi) is 5.30. The van der Waals surface area contributed by atoms with E-state index in [4.69, 9.17) is 13.6 Å². The molecule has 27 heavy (non-hydrogen) atoms. The molecule has 0 unspecified atom stereocenters. The van der Waals surface area contributed by atoms with Gasteiger partial charge >= 0.3 is 5.97 Å². The van der Waals surface area contributed by atoms with E-state index in [-0.39, 0.29) is 41.5 Å². The van der Waals surface area contributed by atoms with Gasteiger partial charge in [0.25, 0.3) is 11.8 Å². The lowest BCUT2D eigenvalue weighted by atomic mass is 9.92. The fourth-order valence-electron chi connectivity index (χ4n) is 2.63. The second-order valence-corrected chi connectivity index (χ2v) is 6.87. The summed E-state index contributed by atoms with van der Waals surface area (Å²) in [6, 6.07) is 6.98. The number of nitrogens with zero attached hydrogens (tertiary/aromatic N) is 2. The van der Waals surface area contributed by atoms with Crippen molar-refractivity contribution in [3.63, 3.8) is 0 Å². The highest BCUT2D eigenvalue weighted by molar-refractivity contribution is 5.93. The fraction of sp³-hybridized carbons (Fsp3) is 0.350. The highest BCUT2D eigenvalue weighted by atomic mass is 16.5. The first kappa shape index (κ1) is 18.7. The zero-order valence-corrected chi connectivity index (χ0v) is 15.7. The van der Waals surface area contributed by atoms with Gasteiger partial charge in [0.1, 0.15) is 11.3 Å². The van der Waals surface area contributed by atoms with Crippen molar-refractivity contribution in [2.45, 2.75) is 46.1 Å². The molecule has 0 atom stereocenters. The van der Waals surface area contributed by atoms with Crippen LogP contribution in [0.5, 0.6) is 5.75 Å². The highest BCUT2D eigenvalue weighted by Crippen LogP contribution is 2.33. The number of esters is 1. The van der Waals surface area contributed by atoms with Gasteiger partial charge in [0, 0.05) is 0 Å². The highest BCUT2D eigenvalue weighted by Gasteiger charge is 2.21. The largest absolute Gasteiger partial charge is 0.507 e. The van der Waals surface area contributed by atoms with Gasteiger partial charge < -0.3 is 18.7 Å². The van der Waals surface area contributed by atoms with Crippen LogP contribution in [-0.2, 0) is 11.3 Å². The smallest absolute Gasteiger partial charge is 0.342 e. The summed E-state index contributed by atoms with van der Waals surface area (Å²) in [6.07, 6.45) is 1.50. The van der Waals surface area contributed by atoms with Gasteiger partial charge in [-0.3, -0.25) is 0 Å². The maximum atomic E-state index is 12.5. The van der Waals surface area contributed by atoms with Crippen LogP contribution in [0.1, 0.15) is 66.9 Å². The Labute approximate surface area is 157 Å². The SMILES string of the molecule is CC(C)c1cc(C(=O)OCc2nnc(-c3ccco3)o2)c(O)c(C(C)C)c1. The van der Waals surface area contributed by atoms with Crippen molar-refractivity contribution >= 4 is 5.97 Å². The number of hydrogen-bond acceptors (Lipinski definition) is 7. The summed E-state index contributed by atoms with van der Waals surface area (Å²) in [7, 11) is 0. The van der Waals surface area contributed by atoms with E-state index in [0.29, 0.717) is 11.3 Å². The number of carbonyl (C=O) groups is 1. The van der Waals surface area contributed by atoms with E-state index in [2.05, 4.69) is 10.2 Å².